The van der Waals surface area contributed by atoms with Gasteiger partial charge in [0.1, 0.15) is 5.60 Å². The van der Waals surface area contributed by atoms with Gasteiger partial charge in [-0.15, -0.1) is 0 Å². The van der Waals surface area contributed by atoms with Crippen molar-refractivity contribution in [1.82, 2.24) is 10.9 Å². The van der Waals surface area contributed by atoms with Crippen LogP contribution in [0.2, 0.25) is 0 Å². The second kappa shape index (κ2) is 7.70. The van der Waals surface area contributed by atoms with Crippen LogP contribution in [0.15, 0.2) is 0 Å². The van der Waals surface area contributed by atoms with Gasteiger partial charge in [0.2, 0.25) is 0 Å². The maximum Gasteiger partial charge on any atom is 0.422 e. The molecule has 0 saturated heterocycles. The van der Waals surface area contributed by atoms with E-state index in [0.717, 1.165) is 44.4 Å². The molecular weight excluding hydrogens is 244 g/mol. The van der Waals surface area contributed by atoms with Gasteiger partial charge in [0, 0.05) is 12.6 Å². The van der Waals surface area contributed by atoms with Crippen LogP contribution < -0.4 is 10.9 Å². The van der Waals surface area contributed by atoms with Crippen LogP contribution >= 0.6 is 0 Å². The van der Waals surface area contributed by atoms with E-state index in [-0.39, 0.29) is 0 Å². The Balaban J connectivity index is 2.14. The van der Waals surface area contributed by atoms with Gasteiger partial charge in [-0.2, -0.15) is 0 Å². The Morgan fingerprint density at radius 3 is 2.42 bits per heavy atom. The van der Waals surface area contributed by atoms with Crippen molar-refractivity contribution in [2.75, 3.05) is 6.61 Å². The van der Waals surface area contributed by atoms with Gasteiger partial charge >= 0.3 is 6.09 Å². The van der Waals surface area contributed by atoms with Crippen molar-refractivity contribution in [2.45, 2.75) is 70.9 Å². The highest BCUT2D eigenvalue weighted by molar-refractivity contribution is 5.67. The number of aliphatic hydroxyl groups is 1. The van der Waals surface area contributed by atoms with E-state index in [2.05, 4.69) is 10.9 Å². The van der Waals surface area contributed by atoms with E-state index in [1.54, 1.807) is 0 Å². The fourth-order valence-corrected chi connectivity index (χ4v) is 2.44. The first-order chi connectivity index (χ1) is 8.90. The molecule has 0 aromatic carbocycles. The molecule has 3 N–H and O–H groups in total. The number of hydrazine groups is 1. The predicted octanol–water partition coefficient (Wildman–Crippen LogP) is 2.35. The minimum atomic E-state index is -0.465. The summed E-state index contributed by atoms with van der Waals surface area (Å²) < 4.78 is 5.16. The lowest BCUT2D eigenvalue weighted by Crippen LogP contribution is -2.47. The highest BCUT2D eigenvalue weighted by Gasteiger charge is 2.22. The lowest BCUT2D eigenvalue weighted by atomic mass is 9.84. The molecule has 1 rings (SSSR count). The SMILES string of the molecule is CC(C)(C)OC(=O)NNC1CCC(CCCO)CC1. The van der Waals surface area contributed by atoms with Crippen molar-refractivity contribution in [2.24, 2.45) is 5.92 Å². The number of aliphatic hydroxyl groups excluding tert-OH is 1. The molecule has 0 heterocycles. The molecule has 5 nitrogen and oxygen atoms in total. The Hall–Kier alpha value is -0.810. The smallest absolute Gasteiger partial charge is 0.422 e. The summed E-state index contributed by atoms with van der Waals surface area (Å²) in [7, 11) is 0. The van der Waals surface area contributed by atoms with Crippen molar-refractivity contribution in [1.29, 1.82) is 0 Å². The quantitative estimate of drug-likeness (QED) is 0.672. The summed E-state index contributed by atoms with van der Waals surface area (Å²) in [6.45, 7) is 5.83. The number of amides is 1. The van der Waals surface area contributed by atoms with E-state index in [1.165, 1.54) is 0 Å². The molecular formula is C14H28N2O3. The Bertz CT molecular complexity index is 268. The molecule has 1 amide bonds. The fraction of sp³-hybridized carbons (Fsp3) is 0.929. The molecule has 0 aromatic rings. The molecule has 1 fully saturated rings. The molecule has 19 heavy (non-hydrogen) atoms. The van der Waals surface area contributed by atoms with E-state index in [4.69, 9.17) is 9.84 Å². The third-order valence-corrected chi connectivity index (χ3v) is 3.39. The van der Waals surface area contributed by atoms with Crippen molar-refractivity contribution in [3.63, 3.8) is 0 Å². The highest BCUT2D eigenvalue weighted by atomic mass is 16.6. The summed E-state index contributed by atoms with van der Waals surface area (Å²) in [5.41, 5.74) is 5.20. The third kappa shape index (κ3) is 7.38. The predicted molar refractivity (Wildman–Crippen MR) is 74.6 cm³/mol. The second-order valence-corrected chi connectivity index (χ2v) is 6.35. The number of hydrogen-bond donors (Lipinski definition) is 3. The number of rotatable bonds is 5. The molecule has 0 unspecified atom stereocenters. The lowest BCUT2D eigenvalue weighted by molar-refractivity contribution is 0.0479. The van der Waals surface area contributed by atoms with Gasteiger partial charge in [-0.05, 0) is 65.2 Å². The van der Waals surface area contributed by atoms with E-state index >= 15 is 0 Å². The summed E-state index contributed by atoms with van der Waals surface area (Å²) in [6, 6.07) is 0.331. The molecule has 0 spiro atoms. The summed E-state index contributed by atoms with van der Waals surface area (Å²) in [5.74, 6) is 0.728. The van der Waals surface area contributed by atoms with E-state index in [1.807, 2.05) is 20.8 Å². The summed E-state index contributed by atoms with van der Waals surface area (Å²) in [5, 5.41) is 8.81. The van der Waals surface area contributed by atoms with Crippen LogP contribution in [-0.4, -0.2) is 29.4 Å². The van der Waals surface area contributed by atoms with Crippen LogP contribution in [-0.2, 0) is 4.74 Å². The van der Waals surface area contributed by atoms with Gasteiger partial charge in [-0.25, -0.2) is 10.2 Å². The van der Waals surface area contributed by atoms with Crippen LogP contribution in [0.25, 0.3) is 0 Å². The molecule has 0 bridgehead atoms. The highest BCUT2D eigenvalue weighted by Crippen LogP contribution is 2.27. The normalized spacial score (nSPS) is 24.0. The zero-order chi connectivity index (χ0) is 14.3. The van der Waals surface area contributed by atoms with Crippen LogP contribution in [0.5, 0.6) is 0 Å². The average molecular weight is 272 g/mol. The standard InChI is InChI=1S/C14H28N2O3/c1-14(2,3)19-13(18)16-15-12-8-6-11(7-9-12)5-4-10-17/h11-12,15,17H,4-10H2,1-3H3,(H,16,18). The number of carbonyl (C=O) groups is 1. The van der Waals surface area contributed by atoms with Crippen molar-refractivity contribution < 1.29 is 14.6 Å². The van der Waals surface area contributed by atoms with Crippen LogP contribution in [0, 0.1) is 5.92 Å². The first-order valence-corrected chi connectivity index (χ1v) is 7.26. The zero-order valence-corrected chi connectivity index (χ0v) is 12.4. The molecule has 0 aliphatic heterocycles. The first kappa shape index (κ1) is 16.2. The number of hydrogen-bond acceptors (Lipinski definition) is 4. The zero-order valence-electron chi connectivity index (χ0n) is 12.4. The molecule has 1 aliphatic rings. The largest absolute Gasteiger partial charge is 0.443 e. The number of ether oxygens (including phenoxy) is 1. The topological polar surface area (TPSA) is 70.6 Å². The van der Waals surface area contributed by atoms with E-state index < -0.39 is 11.7 Å². The van der Waals surface area contributed by atoms with Crippen LogP contribution in [0.1, 0.15) is 59.3 Å². The summed E-state index contributed by atoms with van der Waals surface area (Å²) >= 11 is 0. The molecule has 1 saturated carbocycles. The molecule has 112 valence electrons. The maximum atomic E-state index is 11.5. The van der Waals surface area contributed by atoms with Gasteiger partial charge in [-0.3, -0.25) is 5.43 Å². The fourth-order valence-electron chi connectivity index (χ4n) is 2.44. The number of carbonyl (C=O) groups excluding carboxylic acids is 1. The molecule has 1 aliphatic carbocycles. The Labute approximate surface area is 116 Å². The van der Waals surface area contributed by atoms with Gasteiger partial charge in [0.05, 0.1) is 0 Å². The van der Waals surface area contributed by atoms with Crippen molar-refractivity contribution >= 4 is 6.09 Å². The van der Waals surface area contributed by atoms with Crippen LogP contribution in [0.4, 0.5) is 4.79 Å². The summed E-state index contributed by atoms with van der Waals surface area (Å²) in [4.78, 5) is 11.5. The Kier molecular flexibility index (Phi) is 6.58. The van der Waals surface area contributed by atoms with Gasteiger partial charge in [-0.1, -0.05) is 0 Å². The monoisotopic (exact) mass is 272 g/mol. The Morgan fingerprint density at radius 2 is 1.89 bits per heavy atom. The molecule has 5 heteroatoms. The van der Waals surface area contributed by atoms with E-state index in [9.17, 15) is 4.79 Å². The van der Waals surface area contributed by atoms with Crippen molar-refractivity contribution in [3.05, 3.63) is 0 Å². The van der Waals surface area contributed by atoms with E-state index in [0.29, 0.717) is 12.6 Å². The minimum absolute atomic E-state index is 0.290. The van der Waals surface area contributed by atoms with Gasteiger partial charge in [0.15, 0.2) is 0 Å². The first-order valence-electron chi connectivity index (χ1n) is 7.26. The van der Waals surface area contributed by atoms with Gasteiger partial charge in [0.25, 0.3) is 0 Å². The second-order valence-electron chi connectivity index (χ2n) is 6.35. The molecule has 0 radical (unpaired) electrons. The molecule has 0 aromatic heterocycles. The average Bonchev–Trinajstić information content (AvgIpc) is 2.33. The van der Waals surface area contributed by atoms with Gasteiger partial charge < -0.3 is 9.84 Å². The third-order valence-electron chi connectivity index (χ3n) is 3.39. The Morgan fingerprint density at radius 1 is 1.26 bits per heavy atom. The molecule has 0 atom stereocenters. The lowest BCUT2D eigenvalue weighted by Gasteiger charge is -2.29. The number of nitrogens with one attached hydrogen (secondary N) is 2. The summed E-state index contributed by atoms with van der Waals surface area (Å²) in [6.07, 6.45) is 6.04. The van der Waals surface area contributed by atoms with Crippen LogP contribution in [0.3, 0.4) is 0 Å². The maximum absolute atomic E-state index is 11.5. The minimum Gasteiger partial charge on any atom is -0.443 e. The van der Waals surface area contributed by atoms with Crippen molar-refractivity contribution in [3.8, 4) is 0 Å².